The molecule has 2 atom stereocenters. The van der Waals surface area contributed by atoms with Crippen molar-refractivity contribution in [1.29, 1.82) is 0 Å². The summed E-state index contributed by atoms with van der Waals surface area (Å²) >= 11 is 0. The summed E-state index contributed by atoms with van der Waals surface area (Å²) in [6, 6.07) is 4.44. The fourth-order valence-corrected chi connectivity index (χ4v) is 2.61. The Labute approximate surface area is 118 Å². The SMILES string of the molecule is COc1ccc(C(=O)N2CC(CN)CCC2C)c(F)c1. The average Bonchev–Trinajstić information content (AvgIpc) is 2.47. The number of hydrogen-bond acceptors (Lipinski definition) is 3. The summed E-state index contributed by atoms with van der Waals surface area (Å²) in [4.78, 5) is 14.2. The van der Waals surface area contributed by atoms with Gasteiger partial charge in [0.2, 0.25) is 0 Å². The van der Waals surface area contributed by atoms with Crippen molar-refractivity contribution in [3.05, 3.63) is 29.6 Å². The second kappa shape index (κ2) is 6.22. The Balaban J connectivity index is 2.21. The Morgan fingerprint density at radius 2 is 2.25 bits per heavy atom. The Bertz CT molecular complexity index is 493. The molecule has 5 heteroatoms. The zero-order valence-corrected chi connectivity index (χ0v) is 11.9. The van der Waals surface area contributed by atoms with E-state index in [-0.39, 0.29) is 17.5 Å². The van der Waals surface area contributed by atoms with E-state index in [1.807, 2.05) is 6.92 Å². The minimum absolute atomic E-state index is 0.0929. The molecule has 2 N–H and O–H groups in total. The van der Waals surface area contributed by atoms with Gasteiger partial charge in [-0.2, -0.15) is 0 Å². The normalized spacial score (nSPS) is 22.7. The molecule has 1 amide bonds. The van der Waals surface area contributed by atoms with E-state index in [1.165, 1.54) is 19.2 Å². The van der Waals surface area contributed by atoms with Crippen LogP contribution in [0.4, 0.5) is 4.39 Å². The number of piperidine rings is 1. The van der Waals surface area contributed by atoms with Crippen LogP contribution in [0, 0.1) is 11.7 Å². The number of carbonyl (C=O) groups is 1. The van der Waals surface area contributed by atoms with Crippen LogP contribution in [0.3, 0.4) is 0 Å². The van der Waals surface area contributed by atoms with Gasteiger partial charge in [0.05, 0.1) is 12.7 Å². The molecule has 1 aliphatic rings. The van der Waals surface area contributed by atoms with Crippen molar-refractivity contribution < 1.29 is 13.9 Å². The molecule has 110 valence electrons. The number of nitrogens with zero attached hydrogens (tertiary/aromatic N) is 1. The van der Waals surface area contributed by atoms with Crippen LogP contribution in [-0.2, 0) is 0 Å². The van der Waals surface area contributed by atoms with Gasteiger partial charge in [0.15, 0.2) is 0 Å². The lowest BCUT2D eigenvalue weighted by molar-refractivity contribution is 0.0562. The summed E-state index contributed by atoms with van der Waals surface area (Å²) in [5.74, 6) is -0.103. The van der Waals surface area contributed by atoms with Crippen molar-refractivity contribution in [2.45, 2.75) is 25.8 Å². The molecule has 0 saturated carbocycles. The van der Waals surface area contributed by atoms with E-state index in [2.05, 4.69) is 0 Å². The molecule has 20 heavy (non-hydrogen) atoms. The molecule has 2 unspecified atom stereocenters. The molecule has 1 saturated heterocycles. The predicted molar refractivity (Wildman–Crippen MR) is 75.2 cm³/mol. The maximum absolute atomic E-state index is 14.0. The van der Waals surface area contributed by atoms with Gasteiger partial charge in [0.1, 0.15) is 11.6 Å². The lowest BCUT2D eigenvalue weighted by atomic mass is 9.93. The number of methoxy groups -OCH3 is 1. The van der Waals surface area contributed by atoms with Gasteiger partial charge in [0.25, 0.3) is 5.91 Å². The van der Waals surface area contributed by atoms with Crippen LogP contribution in [0.1, 0.15) is 30.1 Å². The second-order valence-corrected chi connectivity index (χ2v) is 5.33. The highest BCUT2D eigenvalue weighted by molar-refractivity contribution is 5.95. The third-order valence-electron chi connectivity index (χ3n) is 3.98. The van der Waals surface area contributed by atoms with E-state index in [9.17, 15) is 9.18 Å². The lowest BCUT2D eigenvalue weighted by Gasteiger charge is -2.37. The zero-order valence-electron chi connectivity index (χ0n) is 11.9. The minimum atomic E-state index is -0.545. The van der Waals surface area contributed by atoms with E-state index in [0.717, 1.165) is 12.8 Å². The molecule has 1 fully saturated rings. The van der Waals surface area contributed by atoms with Crippen LogP contribution in [0.5, 0.6) is 5.75 Å². The Morgan fingerprint density at radius 1 is 1.50 bits per heavy atom. The van der Waals surface area contributed by atoms with Crippen LogP contribution in [0.25, 0.3) is 0 Å². The van der Waals surface area contributed by atoms with Gasteiger partial charge in [0, 0.05) is 18.7 Å². The second-order valence-electron chi connectivity index (χ2n) is 5.33. The van der Waals surface area contributed by atoms with Gasteiger partial charge >= 0.3 is 0 Å². The zero-order chi connectivity index (χ0) is 14.7. The number of amides is 1. The van der Waals surface area contributed by atoms with Crippen LogP contribution in [0.2, 0.25) is 0 Å². The van der Waals surface area contributed by atoms with Crippen molar-refractivity contribution in [2.24, 2.45) is 11.7 Å². The first-order valence-corrected chi connectivity index (χ1v) is 6.91. The van der Waals surface area contributed by atoms with E-state index < -0.39 is 5.82 Å². The third kappa shape index (κ3) is 2.93. The first-order valence-electron chi connectivity index (χ1n) is 6.91. The maximum atomic E-state index is 14.0. The molecule has 1 aliphatic heterocycles. The molecule has 1 aromatic carbocycles. The summed E-state index contributed by atoms with van der Waals surface area (Å²) in [6.07, 6.45) is 1.93. The molecule has 1 aromatic rings. The van der Waals surface area contributed by atoms with E-state index in [4.69, 9.17) is 10.5 Å². The number of rotatable bonds is 3. The fourth-order valence-electron chi connectivity index (χ4n) is 2.61. The molecular formula is C15H21FN2O2. The van der Waals surface area contributed by atoms with Crippen molar-refractivity contribution in [2.75, 3.05) is 20.2 Å². The van der Waals surface area contributed by atoms with Gasteiger partial charge in [-0.1, -0.05) is 0 Å². The van der Waals surface area contributed by atoms with E-state index in [0.29, 0.717) is 24.8 Å². The molecule has 0 spiro atoms. The van der Waals surface area contributed by atoms with Crippen molar-refractivity contribution >= 4 is 5.91 Å². The molecule has 0 bridgehead atoms. The number of likely N-dealkylation sites (tertiary alicyclic amines) is 1. The first-order chi connectivity index (χ1) is 9.56. The molecular weight excluding hydrogens is 259 g/mol. The summed E-state index contributed by atoms with van der Waals surface area (Å²) in [5.41, 5.74) is 5.78. The average molecular weight is 280 g/mol. The number of ether oxygens (including phenoxy) is 1. The van der Waals surface area contributed by atoms with Crippen LogP contribution in [0.15, 0.2) is 18.2 Å². The number of hydrogen-bond donors (Lipinski definition) is 1. The highest BCUT2D eigenvalue weighted by Crippen LogP contribution is 2.25. The summed E-state index contributed by atoms with van der Waals surface area (Å²) < 4.78 is 18.9. The Hall–Kier alpha value is -1.62. The molecule has 4 nitrogen and oxygen atoms in total. The fraction of sp³-hybridized carbons (Fsp3) is 0.533. The number of carbonyl (C=O) groups excluding carboxylic acids is 1. The summed E-state index contributed by atoms with van der Waals surface area (Å²) in [7, 11) is 1.47. The van der Waals surface area contributed by atoms with E-state index in [1.54, 1.807) is 11.0 Å². The smallest absolute Gasteiger partial charge is 0.257 e. The maximum Gasteiger partial charge on any atom is 0.257 e. The predicted octanol–water partition coefficient (Wildman–Crippen LogP) is 2.03. The summed E-state index contributed by atoms with van der Waals surface area (Å²) in [6.45, 7) is 3.15. The highest BCUT2D eigenvalue weighted by atomic mass is 19.1. The molecule has 1 heterocycles. The highest BCUT2D eigenvalue weighted by Gasteiger charge is 2.30. The largest absolute Gasteiger partial charge is 0.497 e. The van der Waals surface area contributed by atoms with Crippen molar-refractivity contribution in [1.82, 2.24) is 4.90 Å². The topological polar surface area (TPSA) is 55.6 Å². The number of halogens is 1. The Kier molecular flexibility index (Phi) is 4.60. The van der Waals surface area contributed by atoms with Crippen LogP contribution in [-0.4, -0.2) is 37.0 Å². The number of nitrogens with two attached hydrogens (primary N) is 1. The van der Waals surface area contributed by atoms with Crippen molar-refractivity contribution in [3.8, 4) is 5.75 Å². The molecule has 0 aromatic heterocycles. The van der Waals surface area contributed by atoms with Gasteiger partial charge in [-0.25, -0.2) is 4.39 Å². The quantitative estimate of drug-likeness (QED) is 0.921. The van der Waals surface area contributed by atoms with E-state index >= 15 is 0 Å². The van der Waals surface area contributed by atoms with Crippen molar-refractivity contribution in [3.63, 3.8) is 0 Å². The summed E-state index contributed by atoms with van der Waals surface area (Å²) in [5, 5.41) is 0. The van der Waals surface area contributed by atoms with Gasteiger partial charge < -0.3 is 15.4 Å². The van der Waals surface area contributed by atoms with Gasteiger partial charge in [-0.3, -0.25) is 4.79 Å². The first kappa shape index (κ1) is 14.8. The standard InChI is InChI=1S/C15H21FN2O2/c1-10-3-4-11(8-17)9-18(10)15(19)13-6-5-12(20-2)7-14(13)16/h5-7,10-11H,3-4,8-9,17H2,1-2H3. The Morgan fingerprint density at radius 3 is 2.85 bits per heavy atom. The van der Waals surface area contributed by atoms with Gasteiger partial charge in [-0.05, 0) is 44.4 Å². The minimum Gasteiger partial charge on any atom is -0.497 e. The molecule has 0 radical (unpaired) electrons. The third-order valence-corrected chi connectivity index (χ3v) is 3.98. The monoisotopic (exact) mass is 280 g/mol. The lowest BCUT2D eigenvalue weighted by Crippen LogP contribution is -2.47. The van der Waals surface area contributed by atoms with Crippen LogP contribution >= 0.6 is 0 Å². The molecule has 0 aliphatic carbocycles. The van der Waals surface area contributed by atoms with Crippen LogP contribution < -0.4 is 10.5 Å². The van der Waals surface area contributed by atoms with Gasteiger partial charge in [-0.15, -0.1) is 0 Å². The molecule has 2 rings (SSSR count). The number of benzene rings is 1.